The van der Waals surface area contributed by atoms with E-state index >= 15 is 0 Å². The molecule has 1 heterocycles. The van der Waals surface area contributed by atoms with Gasteiger partial charge in [-0.1, -0.05) is 12.8 Å². The first-order valence-electron chi connectivity index (χ1n) is 5.98. The maximum Gasteiger partial charge on any atom is 0.358 e. The van der Waals surface area contributed by atoms with Gasteiger partial charge in [-0.05, 0) is 12.8 Å². The highest BCUT2D eigenvalue weighted by Crippen LogP contribution is 2.32. The lowest BCUT2D eigenvalue weighted by atomic mass is 9.99. The van der Waals surface area contributed by atoms with Crippen LogP contribution in [0.1, 0.15) is 36.2 Å². The van der Waals surface area contributed by atoms with Gasteiger partial charge in [0.2, 0.25) is 0 Å². The Morgan fingerprint density at radius 2 is 2.22 bits per heavy atom. The number of esters is 1. The standard InChI is InChI=1S/C12H17N3O3/c1-18-11(17)9-6-13-7-10(14-9)15-12(8-16)4-2-3-5-12/h6-7,16H,2-5,8H2,1H3,(H,14,15). The summed E-state index contributed by atoms with van der Waals surface area (Å²) in [6.45, 7) is 0.0527. The van der Waals surface area contributed by atoms with Crippen LogP contribution in [0.25, 0.3) is 0 Å². The first-order chi connectivity index (χ1) is 8.69. The Morgan fingerprint density at radius 1 is 1.50 bits per heavy atom. The van der Waals surface area contributed by atoms with E-state index in [1.165, 1.54) is 13.3 Å². The molecule has 6 nitrogen and oxygen atoms in total. The lowest BCUT2D eigenvalue weighted by Crippen LogP contribution is -2.39. The van der Waals surface area contributed by atoms with Crippen LogP contribution >= 0.6 is 0 Å². The Labute approximate surface area is 105 Å². The van der Waals surface area contributed by atoms with Gasteiger partial charge >= 0.3 is 5.97 Å². The molecule has 0 atom stereocenters. The number of hydrogen-bond acceptors (Lipinski definition) is 6. The van der Waals surface area contributed by atoms with E-state index in [9.17, 15) is 9.90 Å². The number of carbonyl (C=O) groups is 1. The topological polar surface area (TPSA) is 84.3 Å². The number of nitrogens with one attached hydrogen (secondary N) is 1. The van der Waals surface area contributed by atoms with Crippen molar-refractivity contribution in [3.8, 4) is 0 Å². The van der Waals surface area contributed by atoms with Crippen LogP contribution in [-0.2, 0) is 4.74 Å². The van der Waals surface area contributed by atoms with E-state index in [1.807, 2.05) is 0 Å². The van der Waals surface area contributed by atoms with Crippen LogP contribution in [-0.4, -0.2) is 40.3 Å². The minimum absolute atomic E-state index is 0.0527. The van der Waals surface area contributed by atoms with Gasteiger partial charge in [0.15, 0.2) is 5.69 Å². The molecular formula is C12H17N3O3. The second-order valence-corrected chi connectivity index (χ2v) is 4.55. The predicted molar refractivity (Wildman–Crippen MR) is 65.3 cm³/mol. The second-order valence-electron chi connectivity index (χ2n) is 4.55. The summed E-state index contributed by atoms with van der Waals surface area (Å²) < 4.78 is 4.59. The van der Waals surface area contributed by atoms with Crippen molar-refractivity contribution >= 4 is 11.8 Å². The number of methoxy groups -OCH3 is 1. The number of rotatable bonds is 4. The van der Waals surface area contributed by atoms with Gasteiger partial charge in [0.05, 0.1) is 31.6 Å². The Kier molecular flexibility index (Phi) is 3.76. The van der Waals surface area contributed by atoms with Crippen LogP contribution in [0.15, 0.2) is 12.4 Å². The number of aromatic nitrogens is 2. The van der Waals surface area contributed by atoms with Crippen molar-refractivity contribution in [3.63, 3.8) is 0 Å². The van der Waals surface area contributed by atoms with E-state index in [0.717, 1.165) is 25.7 Å². The molecule has 98 valence electrons. The van der Waals surface area contributed by atoms with Gasteiger partial charge in [-0.15, -0.1) is 0 Å². The fraction of sp³-hybridized carbons (Fsp3) is 0.583. The molecule has 2 N–H and O–H groups in total. The monoisotopic (exact) mass is 251 g/mol. The van der Waals surface area contributed by atoms with Crippen molar-refractivity contribution in [3.05, 3.63) is 18.1 Å². The highest BCUT2D eigenvalue weighted by molar-refractivity contribution is 5.87. The van der Waals surface area contributed by atoms with Gasteiger partial charge in [0.25, 0.3) is 0 Å². The van der Waals surface area contributed by atoms with Crippen LogP contribution in [0.5, 0.6) is 0 Å². The van der Waals surface area contributed by atoms with Crippen molar-refractivity contribution in [1.82, 2.24) is 9.97 Å². The number of ether oxygens (including phenoxy) is 1. The van der Waals surface area contributed by atoms with E-state index in [1.54, 1.807) is 6.20 Å². The fourth-order valence-electron chi connectivity index (χ4n) is 2.28. The Bertz CT molecular complexity index is 430. The molecule has 6 heteroatoms. The summed E-state index contributed by atoms with van der Waals surface area (Å²) in [4.78, 5) is 19.4. The highest BCUT2D eigenvalue weighted by Gasteiger charge is 2.33. The maximum absolute atomic E-state index is 11.4. The normalized spacial score (nSPS) is 17.4. The molecule has 0 spiro atoms. The molecule has 0 unspecified atom stereocenters. The van der Waals surface area contributed by atoms with Gasteiger partial charge in [0.1, 0.15) is 5.82 Å². The summed E-state index contributed by atoms with van der Waals surface area (Å²) in [5.74, 6) is -0.0236. The third-order valence-corrected chi connectivity index (χ3v) is 3.29. The summed E-state index contributed by atoms with van der Waals surface area (Å²) in [5, 5.41) is 12.7. The van der Waals surface area contributed by atoms with Crippen LogP contribution in [0.4, 0.5) is 5.82 Å². The van der Waals surface area contributed by atoms with Gasteiger partial charge in [-0.25, -0.2) is 9.78 Å². The van der Waals surface area contributed by atoms with E-state index in [0.29, 0.717) is 5.82 Å². The number of aliphatic hydroxyl groups is 1. The Morgan fingerprint density at radius 3 is 2.83 bits per heavy atom. The molecule has 1 saturated carbocycles. The minimum atomic E-state index is -0.518. The first kappa shape index (κ1) is 12.8. The molecule has 0 aromatic carbocycles. The summed E-state index contributed by atoms with van der Waals surface area (Å²) in [6.07, 6.45) is 6.86. The molecule has 0 aliphatic heterocycles. The lowest BCUT2D eigenvalue weighted by Gasteiger charge is -2.28. The molecule has 18 heavy (non-hydrogen) atoms. The minimum Gasteiger partial charge on any atom is -0.464 e. The van der Waals surface area contributed by atoms with Gasteiger partial charge in [-0.3, -0.25) is 4.98 Å². The Hall–Kier alpha value is -1.69. The third-order valence-electron chi connectivity index (χ3n) is 3.29. The number of carbonyl (C=O) groups excluding carboxylic acids is 1. The average Bonchev–Trinajstić information content (AvgIpc) is 2.87. The quantitative estimate of drug-likeness (QED) is 0.776. The summed E-state index contributed by atoms with van der Waals surface area (Å²) in [6, 6.07) is 0. The van der Waals surface area contributed by atoms with Crippen molar-refractivity contribution in [1.29, 1.82) is 0 Å². The molecule has 0 bridgehead atoms. The molecule has 0 radical (unpaired) electrons. The van der Waals surface area contributed by atoms with Crippen LogP contribution in [0.2, 0.25) is 0 Å². The Balaban J connectivity index is 2.16. The number of anilines is 1. The summed E-state index contributed by atoms with van der Waals surface area (Å²) in [7, 11) is 1.30. The maximum atomic E-state index is 11.4. The molecule has 2 rings (SSSR count). The molecular weight excluding hydrogens is 234 g/mol. The van der Waals surface area contributed by atoms with E-state index < -0.39 is 5.97 Å². The smallest absolute Gasteiger partial charge is 0.358 e. The van der Waals surface area contributed by atoms with Crippen LogP contribution in [0, 0.1) is 0 Å². The number of hydrogen-bond donors (Lipinski definition) is 2. The molecule has 0 amide bonds. The molecule has 1 aliphatic carbocycles. The zero-order chi connectivity index (χ0) is 13.0. The fourth-order valence-corrected chi connectivity index (χ4v) is 2.28. The second kappa shape index (κ2) is 5.30. The van der Waals surface area contributed by atoms with Crippen LogP contribution < -0.4 is 5.32 Å². The molecule has 1 fully saturated rings. The van der Waals surface area contributed by atoms with E-state index in [4.69, 9.17) is 0 Å². The van der Waals surface area contributed by atoms with Gasteiger partial charge in [-0.2, -0.15) is 0 Å². The third kappa shape index (κ3) is 2.59. The van der Waals surface area contributed by atoms with Gasteiger partial charge in [0, 0.05) is 0 Å². The van der Waals surface area contributed by atoms with Crippen molar-refractivity contribution in [2.24, 2.45) is 0 Å². The molecule has 1 aromatic rings. The molecule has 0 saturated heterocycles. The largest absolute Gasteiger partial charge is 0.464 e. The van der Waals surface area contributed by atoms with E-state index in [2.05, 4.69) is 20.0 Å². The van der Waals surface area contributed by atoms with Crippen molar-refractivity contribution < 1.29 is 14.6 Å². The average molecular weight is 251 g/mol. The zero-order valence-corrected chi connectivity index (χ0v) is 10.3. The highest BCUT2D eigenvalue weighted by atomic mass is 16.5. The zero-order valence-electron chi connectivity index (χ0n) is 10.3. The van der Waals surface area contributed by atoms with Crippen LogP contribution in [0.3, 0.4) is 0 Å². The van der Waals surface area contributed by atoms with Crippen molar-refractivity contribution in [2.75, 3.05) is 19.0 Å². The lowest BCUT2D eigenvalue weighted by molar-refractivity contribution is 0.0593. The van der Waals surface area contributed by atoms with E-state index in [-0.39, 0.29) is 17.8 Å². The SMILES string of the molecule is COC(=O)c1cncc(NC2(CO)CCCC2)n1. The van der Waals surface area contributed by atoms with Crippen molar-refractivity contribution in [2.45, 2.75) is 31.2 Å². The molecule has 1 aliphatic rings. The molecule has 1 aromatic heterocycles. The summed E-state index contributed by atoms with van der Waals surface area (Å²) in [5.41, 5.74) is -0.169. The summed E-state index contributed by atoms with van der Waals surface area (Å²) >= 11 is 0. The predicted octanol–water partition coefficient (Wildman–Crippen LogP) is 0.980. The first-order valence-corrected chi connectivity index (χ1v) is 5.98. The van der Waals surface area contributed by atoms with Gasteiger partial charge < -0.3 is 15.2 Å². The number of aliphatic hydroxyl groups excluding tert-OH is 1. The number of nitrogens with zero attached hydrogens (tertiary/aromatic N) is 2.